The minimum absolute atomic E-state index is 0.0669. The number of rotatable bonds is 4. The summed E-state index contributed by atoms with van der Waals surface area (Å²) < 4.78 is 28.6. The fraction of sp³-hybridized carbons (Fsp3) is 0.368. The lowest BCUT2D eigenvalue weighted by molar-refractivity contribution is 0.0593. The van der Waals surface area contributed by atoms with E-state index in [1.54, 1.807) is 6.20 Å². The number of pyridine rings is 1. The number of ether oxygens (including phenoxy) is 1. The highest BCUT2D eigenvalue weighted by molar-refractivity contribution is 7.90. The number of hydrogen-bond donors (Lipinski definition) is 1. The number of carbonyl (C=O) groups is 1. The van der Waals surface area contributed by atoms with E-state index in [4.69, 9.17) is 4.74 Å². The van der Waals surface area contributed by atoms with Gasteiger partial charge >= 0.3 is 5.97 Å². The van der Waals surface area contributed by atoms with Crippen molar-refractivity contribution in [3.8, 4) is 0 Å². The van der Waals surface area contributed by atoms with Crippen LogP contribution in [0.2, 0.25) is 0 Å². The molecule has 0 aliphatic carbocycles. The van der Waals surface area contributed by atoms with Gasteiger partial charge in [-0.25, -0.2) is 28.2 Å². The molecule has 1 aliphatic heterocycles. The SMILES string of the molecule is COC(=O)c1cc(N2CCC(c3c[nH]c4ncccc34)CC2)nc(S(C)(=O)=O)n1. The molecular formula is C19H21N5O4S. The van der Waals surface area contributed by atoms with Crippen LogP contribution in [0.3, 0.4) is 0 Å². The summed E-state index contributed by atoms with van der Waals surface area (Å²) in [7, 11) is -2.44. The van der Waals surface area contributed by atoms with Crippen molar-refractivity contribution in [2.75, 3.05) is 31.4 Å². The van der Waals surface area contributed by atoms with Crippen LogP contribution in [0.4, 0.5) is 5.82 Å². The number of piperidine rings is 1. The summed E-state index contributed by atoms with van der Waals surface area (Å²) in [4.78, 5) is 29.5. The second kappa shape index (κ2) is 7.43. The van der Waals surface area contributed by atoms with Crippen LogP contribution in [0, 0.1) is 0 Å². The summed E-state index contributed by atoms with van der Waals surface area (Å²) in [6.45, 7) is 1.36. The van der Waals surface area contributed by atoms with Gasteiger partial charge in [0, 0.05) is 43.2 Å². The molecule has 0 bridgehead atoms. The number of nitrogens with one attached hydrogen (secondary N) is 1. The van der Waals surface area contributed by atoms with Crippen LogP contribution < -0.4 is 4.90 Å². The van der Waals surface area contributed by atoms with Gasteiger partial charge in [0.2, 0.25) is 15.0 Å². The van der Waals surface area contributed by atoms with Gasteiger partial charge in [-0.2, -0.15) is 0 Å². The summed E-state index contributed by atoms with van der Waals surface area (Å²) in [6, 6.07) is 5.47. The Balaban J connectivity index is 1.58. The minimum Gasteiger partial charge on any atom is -0.464 e. The molecule has 10 heteroatoms. The van der Waals surface area contributed by atoms with Crippen LogP contribution in [-0.2, 0) is 14.6 Å². The van der Waals surface area contributed by atoms with Gasteiger partial charge in [0.25, 0.3) is 0 Å². The first-order chi connectivity index (χ1) is 13.9. The van der Waals surface area contributed by atoms with E-state index >= 15 is 0 Å². The maximum Gasteiger partial charge on any atom is 0.356 e. The summed E-state index contributed by atoms with van der Waals surface area (Å²) in [5.74, 6) is 0.0834. The van der Waals surface area contributed by atoms with E-state index in [9.17, 15) is 13.2 Å². The number of hydrogen-bond acceptors (Lipinski definition) is 8. The van der Waals surface area contributed by atoms with Crippen LogP contribution in [0.1, 0.15) is 34.8 Å². The lowest BCUT2D eigenvalue weighted by Crippen LogP contribution is -2.34. The molecule has 1 N–H and O–H groups in total. The van der Waals surface area contributed by atoms with Gasteiger partial charge in [0.05, 0.1) is 7.11 Å². The Labute approximate surface area is 168 Å². The molecule has 9 nitrogen and oxygen atoms in total. The van der Waals surface area contributed by atoms with Gasteiger partial charge in [0.1, 0.15) is 11.5 Å². The third-order valence-corrected chi connectivity index (χ3v) is 6.01. The fourth-order valence-corrected chi connectivity index (χ4v) is 4.21. The molecule has 0 spiro atoms. The molecular weight excluding hydrogens is 394 g/mol. The zero-order valence-electron chi connectivity index (χ0n) is 16.1. The quantitative estimate of drug-likeness (QED) is 0.507. The van der Waals surface area contributed by atoms with E-state index in [1.165, 1.54) is 18.7 Å². The normalized spacial score (nSPS) is 15.6. The lowest BCUT2D eigenvalue weighted by atomic mass is 9.89. The predicted molar refractivity (Wildman–Crippen MR) is 107 cm³/mol. The Morgan fingerprint density at radius 2 is 2.03 bits per heavy atom. The smallest absolute Gasteiger partial charge is 0.356 e. The van der Waals surface area contributed by atoms with E-state index in [0.717, 1.165) is 30.1 Å². The molecule has 0 amide bonds. The second-order valence-electron chi connectivity index (χ2n) is 7.06. The van der Waals surface area contributed by atoms with Crippen molar-refractivity contribution in [1.29, 1.82) is 0 Å². The Bertz CT molecular complexity index is 1170. The molecule has 4 rings (SSSR count). The zero-order valence-corrected chi connectivity index (χ0v) is 16.9. The number of sulfone groups is 1. The predicted octanol–water partition coefficient (Wildman–Crippen LogP) is 1.93. The van der Waals surface area contributed by atoms with Gasteiger partial charge in [-0.1, -0.05) is 0 Å². The number of aromatic amines is 1. The van der Waals surface area contributed by atoms with Gasteiger partial charge < -0.3 is 14.6 Å². The zero-order chi connectivity index (χ0) is 20.6. The fourth-order valence-electron chi connectivity index (χ4n) is 3.68. The molecule has 1 aliphatic rings. The first kappa shape index (κ1) is 19.3. The highest BCUT2D eigenvalue weighted by atomic mass is 32.2. The summed E-state index contributed by atoms with van der Waals surface area (Å²) in [5.41, 5.74) is 2.05. The number of esters is 1. The molecule has 0 atom stereocenters. The van der Waals surface area contributed by atoms with Crippen LogP contribution in [0.25, 0.3) is 11.0 Å². The van der Waals surface area contributed by atoms with Crippen LogP contribution in [0.15, 0.2) is 35.7 Å². The number of aromatic nitrogens is 4. The Morgan fingerprint density at radius 3 is 2.72 bits per heavy atom. The van der Waals surface area contributed by atoms with E-state index in [0.29, 0.717) is 24.8 Å². The maximum atomic E-state index is 12.0. The van der Waals surface area contributed by atoms with Crippen molar-refractivity contribution in [2.45, 2.75) is 23.9 Å². The molecule has 29 heavy (non-hydrogen) atoms. The summed E-state index contributed by atoms with van der Waals surface area (Å²) in [5, 5.41) is 0.751. The number of nitrogens with zero attached hydrogens (tertiary/aromatic N) is 4. The Kier molecular flexibility index (Phi) is 4.95. The number of H-pyrrole nitrogens is 1. The molecule has 0 saturated carbocycles. The van der Waals surface area contributed by atoms with Crippen LogP contribution in [-0.4, -0.2) is 60.8 Å². The van der Waals surface area contributed by atoms with Gasteiger partial charge in [-0.15, -0.1) is 0 Å². The van der Waals surface area contributed by atoms with Gasteiger partial charge in [-0.05, 0) is 36.5 Å². The van der Waals surface area contributed by atoms with Crippen molar-refractivity contribution in [3.63, 3.8) is 0 Å². The van der Waals surface area contributed by atoms with Crippen LogP contribution >= 0.6 is 0 Å². The molecule has 0 aromatic carbocycles. The molecule has 3 aromatic heterocycles. The van der Waals surface area contributed by atoms with Crippen molar-refractivity contribution in [2.24, 2.45) is 0 Å². The molecule has 1 saturated heterocycles. The monoisotopic (exact) mass is 415 g/mol. The van der Waals surface area contributed by atoms with Gasteiger partial charge in [0.15, 0.2) is 5.69 Å². The Hall–Kier alpha value is -3.01. The molecule has 4 heterocycles. The number of carbonyl (C=O) groups excluding carboxylic acids is 1. The van der Waals surface area contributed by atoms with Crippen molar-refractivity contribution >= 4 is 32.7 Å². The summed E-state index contributed by atoms with van der Waals surface area (Å²) in [6.07, 6.45) is 6.53. The summed E-state index contributed by atoms with van der Waals surface area (Å²) >= 11 is 0. The molecule has 3 aromatic rings. The lowest BCUT2D eigenvalue weighted by Gasteiger charge is -2.33. The molecule has 152 valence electrons. The average Bonchev–Trinajstić information content (AvgIpc) is 3.16. The van der Waals surface area contributed by atoms with Crippen LogP contribution in [0.5, 0.6) is 0 Å². The van der Waals surface area contributed by atoms with Crippen molar-refractivity contribution in [1.82, 2.24) is 19.9 Å². The molecule has 0 unspecified atom stereocenters. The third kappa shape index (κ3) is 3.80. The van der Waals surface area contributed by atoms with E-state index < -0.39 is 15.8 Å². The topological polar surface area (TPSA) is 118 Å². The first-order valence-electron chi connectivity index (χ1n) is 9.21. The molecule has 1 fully saturated rings. The minimum atomic E-state index is -3.67. The van der Waals surface area contributed by atoms with Gasteiger partial charge in [-0.3, -0.25) is 0 Å². The molecule has 0 radical (unpaired) electrons. The number of methoxy groups -OCH3 is 1. The maximum absolute atomic E-state index is 12.0. The second-order valence-corrected chi connectivity index (χ2v) is 8.97. The van der Waals surface area contributed by atoms with E-state index in [2.05, 4.69) is 26.0 Å². The average molecular weight is 415 g/mol. The van der Waals surface area contributed by atoms with Crippen molar-refractivity contribution < 1.29 is 17.9 Å². The largest absolute Gasteiger partial charge is 0.464 e. The number of fused-ring (bicyclic) bond motifs is 1. The Morgan fingerprint density at radius 1 is 1.28 bits per heavy atom. The first-order valence-corrected chi connectivity index (χ1v) is 11.1. The number of anilines is 1. The van der Waals surface area contributed by atoms with E-state index in [-0.39, 0.29) is 10.9 Å². The highest BCUT2D eigenvalue weighted by Crippen LogP contribution is 2.33. The van der Waals surface area contributed by atoms with Crippen molar-refractivity contribution in [3.05, 3.63) is 41.9 Å². The standard InChI is InChI=1S/C19H21N5O4S/c1-28-18(25)15-10-16(23-19(22-15)29(2,26)27)24-8-5-12(6-9-24)14-11-21-17-13(14)4-3-7-20-17/h3-4,7,10-12H,5-6,8-9H2,1-2H3,(H,20,21). The van der Waals surface area contributed by atoms with E-state index in [1.807, 2.05) is 17.2 Å². The highest BCUT2D eigenvalue weighted by Gasteiger charge is 2.26. The third-order valence-electron chi connectivity index (χ3n) is 5.16.